The van der Waals surface area contributed by atoms with E-state index < -0.39 is 16.0 Å². The number of H-pyrrole nitrogens is 1. The number of esters is 1. The normalized spacial score (nSPS) is 19.8. The molecule has 0 atom stereocenters. The lowest BCUT2D eigenvalue weighted by Gasteiger charge is -2.35. The van der Waals surface area contributed by atoms with Crippen LogP contribution in [0.1, 0.15) is 47.3 Å². The second-order valence-corrected chi connectivity index (χ2v) is 8.55. The largest absolute Gasteiger partial charge is 0.462 e. The Kier molecular flexibility index (Phi) is 5.41. The van der Waals surface area contributed by atoms with Gasteiger partial charge >= 0.3 is 5.97 Å². The molecule has 1 aliphatic carbocycles. The average Bonchev–Trinajstić information content (AvgIpc) is 2.93. The van der Waals surface area contributed by atoms with Crippen molar-refractivity contribution in [2.45, 2.75) is 43.7 Å². The molecule has 0 unspecified atom stereocenters. The van der Waals surface area contributed by atoms with Crippen molar-refractivity contribution < 1.29 is 17.9 Å². The molecule has 1 aromatic carbocycles. The van der Waals surface area contributed by atoms with Crippen molar-refractivity contribution in [1.82, 2.24) is 9.71 Å². The van der Waals surface area contributed by atoms with Gasteiger partial charge in [-0.25, -0.2) is 17.9 Å². The minimum absolute atomic E-state index is 0.0238. The van der Waals surface area contributed by atoms with Crippen LogP contribution in [0.15, 0.2) is 35.4 Å². The lowest BCUT2D eigenvalue weighted by molar-refractivity contribution is 0.0525. The number of carbonyl (C=O) groups excluding carboxylic acids is 1. The first-order chi connectivity index (χ1) is 12.3. The molecule has 8 heteroatoms. The predicted molar refractivity (Wildman–Crippen MR) is 99.0 cm³/mol. The van der Waals surface area contributed by atoms with Gasteiger partial charge in [-0.15, -0.1) is 0 Å². The van der Waals surface area contributed by atoms with Crippen molar-refractivity contribution >= 4 is 27.6 Å². The van der Waals surface area contributed by atoms with Crippen LogP contribution in [0.25, 0.3) is 0 Å². The molecule has 0 bridgehead atoms. The maximum atomic E-state index is 12.6. The van der Waals surface area contributed by atoms with Crippen molar-refractivity contribution in [2.24, 2.45) is 0 Å². The maximum absolute atomic E-state index is 12.6. The quantitative estimate of drug-likeness (QED) is 0.732. The van der Waals surface area contributed by atoms with Gasteiger partial charge in [0.25, 0.3) is 10.0 Å². The molecule has 1 aromatic heterocycles. The summed E-state index contributed by atoms with van der Waals surface area (Å²) < 4.78 is 32.8. The molecular formula is C18H21ClN2O4S. The number of rotatable bonds is 6. The van der Waals surface area contributed by atoms with E-state index >= 15 is 0 Å². The Labute approximate surface area is 158 Å². The van der Waals surface area contributed by atoms with Gasteiger partial charge in [0.2, 0.25) is 0 Å². The zero-order valence-corrected chi connectivity index (χ0v) is 16.2. The SMILES string of the molecule is CCOC(=O)c1cc(S(=O)(=O)NC2CC(c3cccc(Cl)c3)C2)[nH]c1C. The molecule has 0 spiro atoms. The fourth-order valence-corrected chi connectivity index (χ4v) is 4.64. The molecule has 0 radical (unpaired) electrons. The van der Waals surface area contributed by atoms with E-state index in [0.29, 0.717) is 29.5 Å². The fourth-order valence-electron chi connectivity index (χ4n) is 3.12. The summed E-state index contributed by atoms with van der Waals surface area (Å²) in [6, 6.07) is 8.81. The lowest BCUT2D eigenvalue weighted by atomic mass is 9.76. The summed E-state index contributed by atoms with van der Waals surface area (Å²) in [5.41, 5.74) is 1.82. The first kappa shape index (κ1) is 18.9. The summed E-state index contributed by atoms with van der Waals surface area (Å²) in [6.07, 6.45) is 1.42. The number of aryl methyl sites for hydroxylation is 1. The zero-order valence-electron chi connectivity index (χ0n) is 14.6. The minimum Gasteiger partial charge on any atom is -0.462 e. The molecule has 3 rings (SSSR count). The van der Waals surface area contributed by atoms with Gasteiger partial charge in [0, 0.05) is 16.8 Å². The maximum Gasteiger partial charge on any atom is 0.339 e. The Morgan fingerprint density at radius 2 is 2.08 bits per heavy atom. The number of nitrogens with one attached hydrogen (secondary N) is 2. The third-order valence-corrected chi connectivity index (χ3v) is 6.23. The lowest BCUT2D eigenvalue weighted by Crippen LogP contribution is -2.43. The van der Waals surface area contributed by atoms with Crippen LogP contribution in [0.3, 0.4) is 0 Å². The van der Waals surface area contributed by atoms with Crippen molar-refractivity contribution in [3.05, 3.63) is 52.2 Å². The second kappa shape index (κ2) is 7.42. The molecule has 0 saturated heterocycles. The summed E-state index contributed by atoms with van der Waals surface area (Å²) in [4.78, 5) is 14.6. The highest BCUT2D eigenvalue weighted by Gasteiger charge is 2.34. The van der Waals surface area contributed by atoms with E-state index in [4.69, 9.17) is 16.3 Å². The number of sulfonamides is 1. The first-order valence-corrected chi connectivity index (χ1v) is 10.3. The number of ether oxygens (including phenoxy) is 1. The van der Waals surface area contributed by atoms with Gasteiger partial charge in [-0.05, 0) is 56.4 Å². The van der Waals surface area contributed by atoms with E-state index in [1.54, 1.807) is 13.8 Å². The number of hydrogen-bond acceptors (Lipinski definition) is 4. The zero-order chi connectivity index (χ0) is 18.9. The monoisotopic (exact) mass is 396 g/mol. The molecule has 6 nitrogen and oxygen atoms in total. The van der Waals surface area contributed by atoms with Crippen LogP contribution >= 0.6 is 11.6 Å². The molecule has 2 N–H and O–H groups in total. The van der Waals surface area contributed by atoms with E-state index in [-0.39, 0.29) is 23.2 Å². The molecule has 140 valence electrons. The summed E-state index contributed by atoms with van der Waals surface area (Å²) in [5, 5.41) is 0.657. The van der Waals surface area contributed by atoms with Gasteiger partial charge in [0.05, 0.1) is 12.2 Å². The molecule has 1 heterocycles. The molecule has 1 saturated carbocycles. The standard InChI is InChI=1S/C18H21ClN2O4S/c1-3-25-18(22)16-10-17(20-11(16)2)26(23,24)21-15-8-13(9-15)12-5-4-6-14(19)7-12/h4-7,10,13,15,20-21H,3,8-9H2,1-2H3. The van der Waals surface area contributed by atoms with E-state index in [1.165, 1.54) is 6.07 Å². The van der Waals surface area contributed by atoms with Crippen LogP contribution in [0.5, 0.6) is 0 Å². The van der Waals surface area contributed by atoms with Crippen molar-refractivity contribution in [3.63, 3.8) is 0 Å². The third kappa shape index (κ3) is 3.95. The highest BCUT2D eigenvalue weighted by molar-refractivity contribution is 7.89. The number of aromatic amines is 1. The van der Waals surface area contributed by atoms with Crippen molar-refractivity contribution in [3.8, 4) is 0 Å². The first-order valence-electron chi connectivity index (χ1n) is 8.44. The molecule has 1 aliphatic rings. The predicted octanol–water partition coefficient (Wildman–Crippen LogP) is 3.38. The molecule has 0 aliphatic heterocycles. The van der Waals surface area contributed by atoms with Gasteiger partial charge in [-0.3, -0.25) is 0 Å². The summed E-state index contributed by atoms with van der Waals surface area (Å²) in [5.74, 6) is -0.241. The topological polar surface area (TPSA) is 88.3 Å². The number of halogens is 1. The Hall–Kier alpha value is -1.83. The highest BCUT2D eigenvalue weighted by atomic mass is 35.5. The number of carbonyl (C=O) groups is 1. The van der Waals surface area contributed by atoms with Crippen LogP contribution in [-0.4, -0.2) is 32.0 Å². The van der Waals surface area contributed by atoms with Gasteiger partial charge in [-0.2, -0.15) is 0 Å². The smallest absolute Gasteiger partial charge is 0.339 e. The van der Waals surface area contributed by atoms with Crippen LogP contribution in [0, 0.1) is 6.92 Å². The fraction of sp³-hybridized carbons (Fsp3) is 0.389. The van der Waals surface area contributed by atoms with Crippen molar-refractivity contribution in [2.75, 3.05) is 6.61 Å². The summed E-state index contributed by atoms with van der Waals surface area (Å²) in [6.45, 7) is 3.58. The average molecular weight is 397 g/mol. The Morgan fingerprint density at radius 3 is 2.73 bits per heavy atom. The molecule has 1 fully saturated rings. The number of benzene rings is 1. The molecular weight excluding hydrogens is 376 g/mol. The minimum atomic E-state index is -3.72. The highest BCUT2D eigenvalue weighted by Crippen LogP contribution is 2.38. The van der Waals surface area contributed by atoms with E-state index in [9.17, 15) is 13.2 Å². The van der Waals surface area contributed by atoms with E-state index in [1.807, 2.05) is 24.3 Å². The Balaban J connectivity index is 1.65. The second-order valence-electron chi connectivity index (χ2n) is 6.43. The van der Waals surface area contributed by atoms with Gasteiger partial charge in [-0.1, -0.05) is 23.7 Å². The molecule has 0 amide bonds. The van der Waals surface area contributed by atoms with E-state index in [2.05, 4.69) is 9.71 Å². The Bertz CT molecular complexity index is 917. The molecule has 26 heavy (non-hydrogen) atoms. The van der Waals surface area contributed by atoms with Crippen molar-refractivity contribution in [1.29, 1.82) is 0 Å². The van der Waals surface area contributed by atoms with Gasteiger partial charge in [0.1, 0.15) is 5.03 Å². The van der Waals surface area contributed by atoms with Crippen LogP contribution in [-0.2, 0) is 14.8 Å². The van der Waals surface area contributed by atoms with Gasteiger partial charge in [0.15, 0.2) is 0 Å². The number of aromatic nitrogens is 1. The van der Waals surface area contributed by atoms with Crippen LogP contribution in [0.2, 0.25) is 5.02 Å². The van der Waals surface area contributed by atoms with Crippen LogP contribution in [0.4, 0.5) is 0 Å². The summed E-state index contributed by atoms with van der Waals surface area (Å²) >= 11 is 6.00. The van der Waals surface area contributed by atoms with E-state index in [0.717, 1.165) is 5.56 Å². The summed E-state index contributed by atoms with van der Waals surface area (Å²) in [7, 11) is -3.72. The van der Waals surface area contributed by atoms with Crippen LogP contribution < -0.4 is 4.72 Å². The number of hydrogen-bond donors (Lipinski definition) is 2. The van der Waals surface area contributed by atoms with Gasteiger partial charge < -0.3 is 9.72 Å². The Morgan fingerprint density at radius 1 is 1.35 bits per heavy atom. The third-order valence-electron chi connectivity index (χ3n) is 4.55. The molecule has 2 aromatic rings.